The summed E-state index contributed by atoms with van der Waals surface area (Å²) in [7, 11) is 1.60. The number of amides is 1. The Hall–Kier alpha value is -0.740. The van der Waals surface area contributed by atoms with E-state index < -0.39 is 0 Å². The van der Waals surface area contributed by atoms with Gasteiger partial charge in [0.2, 0.25) is 0 Å². The number of alkyl halides is 1. The third-order valence-corrected chi connectivity index (χ3v) is 3.60. The first-order valence-corrected chi connectivity index (χ1v) is 7.01. The lowest BCUT2D eigenvalue weighted by Crippen LogP contribution is -2.37. The Morgan fingerprint density at radius 2 is 2.29 bits per heavy atom. The van der Waals surface area contributed by atoms with Crippen molar-refractivity contribution in [3.63, 3.8) is 0 Å². The molecule has 17 heavy (non-hydrogen) atoms. The molecule has 0 aliphatic rings. The van der Waals surface area contributed by atoms with E-state index in [0.29, 0.717) is 17.3 Å². The molecule has 1 aromatic heterocycles. The molecule has 0 aliphatic carbocycles. The number of halogens is 1. The Morgan fingerprint density at radius 1 is 1.59 bits per heavy atom. The van der Waals surface area contributed by atoms with E-state index in [-0.39, 0.29) is 11.9 Å². The smallest absolute Gasteiger partial charge is 0.264 e. The van der Waals surface area contributed by atoms with Gasteiger partial charge in [0, 0.05) is 29.9 Å². The fraction of sp³-hybridized carbons (Fsp3) is 0.583. The van der Waals surface area contributed by atoms with Crippen molar-refractivity contribution in [2.24, 2.45) is 0 Å². The Morgan fingerprint density at radius 3 is 2.76 bits per heavy atom. The topological polar surface area (TPSA) is 29.5 Å². The monoisotopic (exact) mass is 275 g/mol. The molecule has 0 spiro atoms. The molecule has 0 radical (unpaired) electrons. The minimum atomic E-state index is 0.0541. The van der Waals surface area contributed by atoms with Crippen LogP contribution in [0.15, 0.2) is 11.4 Å². The number of carbonyl (C=O) groups is 1. The van der Waals surface area contributed by atoms with Crippen LogP contribution >= 0.6 is 22.9 Å². The van der Waals surface area contributed by atoms with Crippen LogP contribution in [-0.2, 0) is 0 Å². The number of carbonyl (C=O) groups excluding carboxylic acids is 1. The van der Waals surface area contributed by atoms with E-state index in [0.717, 1.165) is 12.2 Å². The van der Waals surface area contributed by atoms with Crippen LogP contribution in [-0.4, -0.2) is 36.4 Å². The highest BCUT2D eigenvalue weighted by Gasteiger charge is 2.19. The highest BCUT2D eigenvalue weighted by molar-refractivity contribution is 7.12. The molecule has 3 nitrogen and oxygen atoms in total. The highest BCUT2D eigenvalue weighted by Crippen LogP contribution is 2.23. The van der Waals surface area contributed by atoms with Crippen molar-refractivity contribution in [2.75, 3.05) is 19.5 Å². The summed E-state index contributed by atoms with van der Waals surface area (Å²) in [6, 6.07) is 1.96. The summed E-state index contributed by atoms with van der Waals surface area (Å²) >= 11 is 7.08. The number of nitrogens with zero attached hydrogens (tertiary/aromatic N) is 1. The summed E-state index contributed by atoms with van der Waals surface area (Å²) < 4.78 is 5.08. The maximum Gasteiger partial charge on any atom is 0.264 e. The van der Waals surface area contributed by atoms with Crippen molar-refractivity contribution in [1.82, 2.24) is 4.90 Å². The first-order chi connectivity index (χ1) is 8.10. The molecule has 0 aliphatic heterocycles. The average Bonchev–Trinajstić information content (AvgIpc) is 2.77. The lowest BCUT2D eigenvalue weighted by molar-refractivity contribution is 0.0711. The number of rotatable bonds is 6. The number of ether oxygens (including phenoxy) is 1. The third kappa shape index (κ3) is 3.89. The molecular weight excluding hydrogens is 258 g/mol. The molecule has 0 bridgehead atoms. The molecule has 0 aromatic carbocycles. The van der Waals surface area contributed by atoms with Crippen molar-refractivity contribution >= 4 is 28.8 Å². The van der Waals surface area contributed by atoms with Crippen molar-refractivity contribution < 1.29 is 9.53 Å². The van der Waals surface area contributed by atoms with Gasteiger partial charge in [-0.25, -0.2) is 0 Å². The number of hydrogen-bond donors (Lipinski definition) is 0. The normalized spacial score (nSPS) is 10.6. The van der Waals surface area contributed by atoms with Crippen LogP contribution < -0.4 is 4.74 Å². The molecular formula is C12H18ClNO2S. The first-order valence-electron chi connectivity index (χ1n) is 5.59. The summed E-state index contributed by atoms with van der Waals surface area (Å²) in [6.45, 7) is 4.72. The van der Waals surface area contributed by atoms with Gasteiger partial charge >= 0.3 is 0 Å². The van der Waals surface area contributed by atoms with Crippen LogP contribution in [0.4, 0.5) is 0 Å². The van der Waals surface area contributed by atoms with Gasteiger partial charge in [0.25, 0.3) is 5.91 Å². The summed E-state index contributed by atoms with van der Waals surface area (Å²) in [5.74, 6) is 1.36. The average molecular weight is 276 g/mol. The Balaban J connectivity index is 2.76. The Bertz CT molecular complexity index is 365. The third-order valence-electron chi connectivity index (χ3n) is 2.44. The molecule has 0 saturated heterocycles. The van der Waals surface area contributed by atoms with E-state index in [1.165, 1.54) is 11.3 Å². The summed E-state index contributed by atoms with van der Waals surface area (Å²) in [4.78, 5) is 14.8. The molecule has 1 aromatic rings. The van der Waals surface area contributed by atoms with Crippen LogP contribution in [0, 0.1) is 0 Å². The second-order valence-electron chi connectivity index (χ2n) is 3.99. The Kier molecular flexibility index (Phi) is 5.78. The maximum atomic E-state index is 12.3. The molecule has 0 fully saturated rings. The SMILES string of the molecule is COc1csc(C(=O)N(CCCCl)C(C)C)c1. The van der Waals surface area contributed by atoms with Gasteiger partial charge < -0.3 is 9.64 Å². The number of thiophene rings is 1. The summed E-state index contributed by atoms with van der Waals surface area (Å²) in [5, 5.41) is 1.84. The fourth-order valence-corrected chi connectivity index (χ4v) is 2.43. The van der Waals surface area contributed by atoms with E-state index >= 15 is 0 Å². The van der Waals surface area contributed by atoms with Crippen LogP contribution in [0.25, 0.3) is 0 Å². The number of hydrogen-bond acceptors (Lipinski definition) is 3. The molecule has 0 saturated carbocycles. The largest absolute Gasteiger partial charge is 0.496 e. The molecule has 96 valence electrons. The lowest BCUT2D eigenvalue weighted by Gasteiger charge is -2.25. The predicted octanol–water partition coefficient (Wildman–Crippen LogP) is 3.24. The van der Waals surface area contributed by atoms with Gasteiger partial charge in [0.15, 0.2) is 0 Å². The second-order valence-corrected chi connectivity index (χ2v) is 5.27. The molecule has 0 unspecified atom stereocenters. The second kappa shape index (κ2) is 6.87. The van der Waals surface area contributed by atoms with E-state index in [2.05, 4.69) is 0 Å². The zero-order valence-electron chi connectivity index (χ0n) is 10.4. The standard InChI is InChI=1S/C12H18ClNO2S/c1-9(2)14(6-4-5-13)12(15)11-7-10(16-3)8-17-11/h7-9H,4-6H2,1-3H3. The molecule has 1 rings (SSSR count). The van der Waals surface area contributed by atoms with Crippen molar-refractivity contribution in [3.8, 4) is 5.75 Å². The van der Waals surface area contributed by atoms with Crippen LogP contribution in [0.3, 0.4) is 0 Å². The molecule has 0 atom stereocenters. The maximum absolute atomic E-state index is 12.3. The van der Waals surface area contributed by atoms with Gasteiger partial charge in [-0.05, 0) is 20.3 Å². The van der Waals surface area contributed by atoms with E-state index in [9.17, 15) is 4.79 Å². The van der Waals surface area contributed by atoms with Crippen LogP contribution in [0.2, 0.25) is 0 Å². The van der Waals surface area contributed by atoms with Gasteiger partial charge in [-0.2, -0.15) is 0 Å². The quantitative estimate of drug-likeness (QED) is 0.746. The number of methoxy groups -OCH3 is 1. The molecule has 1 amide bonds. The fourth-order valence-electron chi connectivity index (χ4n) is 1.50. The minimum Gasteiger partial charge on any atom is -0.496 e. The minimum absolute atomic E-state index is 0.0541. The lowest BCUT2D eigenvalue weighted by atomic mass is 10.2. The van der Waals surface area contributed by atoms with Gasteiger partial charge in [-0.1, -0.05) is 0 Å². The van der Waals surface area contributed by atoms with Gasteiger partial charge in [-0.15, -0.1) is 22.9 Å². The van der Waals surface area contributed by atoms with Gasteiger partial charge in [0.1, 0.15) is 5.75 Å². The molecule has 5 heteroatoms. The zero-order valence-corrected chi connectivity index (χ0v) is 12.0. The predicted molar refractivity (Wildman–Crippen MR) is 72.4 cm³/mol. The zero-order chi connectivity index (χ0) is 12.8. The highest BCUT2D eigenvalue weighted by atomic mass is 35.5. The van der Waals surface area contributed by atoms with Crippen LogP contribution in [0.1, 0.15) is 29.9 Å². The van der Waals surface area contributed by atoms with E-state index in [1.807, 2.05) is 24.1 Å². The van der Waals surface area contributed by atoms with E-state index in [1.54, 1.807) is 13.2 Å². The molecule has 0 N–H and O–H groups in total. The van der Waals surface area contributed by atoms with Crippen molar-refractivity contribution in [3.05, 3.63) is 16.3 Å². The molecule has 1 heterocycles. The van der Waals surface area contributed by atoms with Gasteiger partial charge in [-0.3, -0.25) is 4.79 Å². The first kappa shape index (κ1) is 14.3. The summed E-state index contributed by atoms with van der Waals surface area (Å²) in [5.41, 5.74) is 0. The summed E-state index contributed by atoms with van der Waals surface area (Å²) in [6.07, 6.45) is 0.813. The van der Waals surface area contributed by atoms with Crippen LogP contribution in [0.5, 0.6) is 5.75 Å². The van der Waals surface area contributed by atoms with Gasteiger partial charge in [0.05, 0.1) is 12.0 Å². The Labute approximate surface area is 111 Å². The van der Waals surface area contributed by atoms with E-state index in [4.69, 9.17) is 16.3 Å². The van der Waals surface area contributed by atoms with Crippen molar-refractivity contribution in [2.45, 2.75) is 26.3 Å². The van der Waals surface area contributed by atoms with Crippen molar-refractivity contribution in [1.29, 1.82) is 0 Å².